The summed E-state index contributed by atoms with van der Waals surface area (Å²) >= 11 is 12.1. The predicted octanol–water partition coefficient (Wildman–Crippen LogP) is 4.03. The van der Waals surface area contributed by atoms with Crippen molar-refractivity contribution in [3.05, 3.63) is 69.3 Å². The molecule has 5 nitrogen and oxygen atoms in total. The molecular weight excluding hydrogens is 411 g/mol. The fraction of sp³-hybridized carbons (Fsp3) is 0.0556. The van der Waals surface area contributed by atoms with E-state index in [0.717, 1.165) is 16.8 Å². The van der Waals surface area contributed by atoms with E-state index in [1.807, 2.05) is 0 Å². The maximum atomic E-state index is 13.9. The zero-order valence-corrected chi connectivity index (χ0v) is 16.3. The van der Waals surface area contributed by atoms with Crippen LogP contribution in [-0.4, -0.2) is 28.3 Å². The number of nitrogens with one attached hydrogen (secondary N) is 1. The highest BCUT2D eigenvalue weighted by atomic mass is 35.5. The first-order valence-corrected chi connectivity index (χ1v) is 9.18. The van der Waals surface area contributed by atoms with Gasteiger partial charge in [0, 0.05) is 11.1 Å². The van der Waals surface area contributed by atoms with Crippen LogP contribution in [-0.2, 0) is 4.79 Å². The van der Waals surface area contributed by atoms with Gasteiger partial charge < -0.3 is 4.74 Å². The Morgan fingerprint density at radius 1 is 1.30 bits per heavy atom. The van der Waals surface area contributed by atoms with Crippen molar-refractivity contribution in [3.8, 4) is 5.75 Å². The monoisotopic (exact) mass is 422 g/mol. The molecule has 1 saturated heterocycles. The van der Waals surface area contributed by atoms with Gasteiger partial charge in [-0.3, -0.25) is 15.0 Å². The molecule has 0 atom stereocenters. The number of benzene rings is 2. The van der Waals surface area contributed by atoms with Gasteiger partial charge in [-0.05, 0) is 54.7 Å². The lowest BCUT2D eigenvalue weighted by molar-refractivity contribution is -0.123. The molecular formula is C18H12ClFN2O3S2. The molecule has 2 amide bonds. The van der Waals surface area contributed by atoms with Crippen molar-refractivity contribution < 1.29 is 18.7 Å². The highest BCUT2D eigenvalue weighted by Crippen LogP contribution is 2.33. The number of carbonyl (C=O) groups excluding carboxylic acids is 2. The van der Waals surface area contributed by atoms with Gasteiger partial charge in [0.1, 0.15) is 11.6 Å². The molecule has 0 bridgehead atoms. The Balaban J connectivity index is 1.79. The van der Waals surface area contributed by atoms with Gasteiger partial charge in [0.05, 0.1) is 17.0 Å². The van der Waals surface area contributed by atoms with E-state index in [1.165, 1.54) is 31.4 Å². The number of rotatable bonds is 4. The van der Waals surface area contributed by atoms with Crippen LogP contribution in [0, 0.1) is 5.82 Å². The quantitative estimate of drug-likeness (QED) is 0.595. The van der Waals surface area contributed by atoms with E-state index in [0.29, 0.717) is 11.3 Å². The van der Waals surface area contributed by atoms with Crippen LogP contribution >= 0.6 is 35.6 Å². The Kier molecular flexibility index (Phi) is 5.79. The zero-order valence-electron chi connectivity index (χ0n) is 13.9. The van der Waals surface area contributed by atoms with E-state index in [-0.39, 0.29) is 19.8 Å². The van der Waals surface area contributed by atoms with Gasteiger partial charge in [-0.2, -0.15) is 5.01 Å². The Labute approximate surface area is 169 Å². The minimum atomic E-state index is -0.564. The zero-order chi connectivity index (χ0) is 19.6. The Bertz CT molecular complexity index is 943. The third kappa shape index (κ3) is 4.13. The van der Waals surface area contributed by atoms with Crippen molar-refractivity contribution in [2.24, 2.45) is 0 Å². The normalized spacial score (nSPS) is 15.4. The second kappa shape index (κ2) is 8.08. The maximum Gasteiger partial charge on any atom is 0.285 e. The SMILES string of the molecule is COc1ccc(C(=O)NN2C(=O)C(=Cc3c(F)cccc3Cl)SC2=S)cc1. The number of ether oxygens (including phenoxy) is 1. The van der Waals surface area contributed by atoms with E-state index in [4.69, 9.17) is 28.6 Å². The van der Waals surface area contributed by atoms with E-state index >= 15 is 0 Å². The Hall–Kier alpha value is -2.42. The first-order valence-electron chi connectivity index (χ1n) is 7.57. The number of hydrogen-bond acceptors (Lipinski definition) is 5. The third-order valence-electron chi connectivity index (χ3n) is 3.63. The molecule has 0 unspecified atom stereocenters. The molecule has 0 aliphatic carbocycles. The van der Waals surface area contributed by atoms with Gasteiger partial charge in [-0.25, -0.2) is 4.39 Å². The number of halogens is 2. The number of thioether (sulfide) groups is 1. The summed E-state index contributed by atoms with van der Waals surface area (Å²) in [5.41, 5.74) is 2.86. The van der Waals surface area contributed by atoms with Gasteiger partial charge in [-0.1, -0.05) is 29.4 Å². The summed E-state index contributed by atoms with van der Waals surface area (Å²) in [4.78, 5) is 25.1. The minimum absolute atomic E-state index is 0.0844. The predicted molar refractivity (Wildman–Crippen MR) is 107 cm³/mol. The van der Waals surface area contributed by atoms with Crippen LogP contribution in [0.15, 0.2) is 47.4 Å². The number of hydrogen-bond donors (Lipinski definition) is 1. The second-order valence-corrected chi connectivity index (χ2v) is 7.40. The van der Waals surface area contributed by atoms with Crippen molar-refractivity contribution in [1.29, 1.82) is 0 Å². The van der Waals surface area contributed by atoms with Crippen LogP contribution in [0.4, 0.5) is 4.39 Å². The molecule has 138 valence electrons. The van der Waals surface area contributed by atoms with Crippen LogP contribution in [0.1, 0.15) is 15.9 Å². The number of thiocarbonyl (C=S) groups is 1. The molecule has 2 aromatic carbocycles. The first kappa shape index (κ1) is 19.3. The van der Waals surface area contributed by atoms with Gasteiger partial charge >= 0.3 is 0 Å². The van der Waals surface area contributed by atoms with Gasteiger partial charge in [0.15, 0.2) is 4.32 Å². The standard InChI is InChI=1S/C18H12ClFN2O3S2/c1-25-11-7-5-10(6-8-11)16(23)21-22-17(24)15(27-18(22)26)9-12-13(19)3-2-4-14(12)20/h2-9H,1H3,(H,21,23). The van der Waals surface area contributed by atoms with Gasteiger partial charge in [0.25, 0.3) is 11.8 Å². The third-order valence-corrected chi connectivity index (χ3v) is 5.27. The fourth-order valence-electron chi connectivity index (χ4n) is 2.25. The van der Waals surface area contributed by atoms with Crippen molar-refractivity contribution in [3.63, 3.8) is 0 Å². The molecule has 1 heterocycles. The van der Waals surface area contributed by atoms with E-state index in [9.17, 15) is 14.0 Å². The molecule has 0 radical (unpaired) electrons. The highest BCUT2D eigenvalue weighted by molar-refractivity contribution is 8.26. The van der Waals surface area contributed by atoms with Crippen LogP contribution in [0.25, 0.3) is 6.08 Å². The summed E-state index contributed by atoms with van der Waals surface area (Å²) in [6.07, 6.45) is 1.32. The average Bonchev–Trinajstić information content (AvgIpc) is 2.92. The number of hydrazine groups is 1. The van der Waals surface area contributed by atoms with E-state index in [2.05, 4.69) is 5.43 Å². The first-order chi connectivity index (χ1) is 12.9. The summed E-state index contributed by atoms with van der Waals surface area (Å²) in [5, 5.41) is 1.12. The van der Waals surface area contributed by atoms with E-state index in [1.54, 1.807) is 24.3 Å². The molecule has 27 heavy (non-hydrogen) atoms. The minimum Gasteiger partial charge on any atom is -0.497 e. The Morgan fingerprint density at radius 2 is 2.00 bits per heavy atom. The van der Waals surface area contributed by atoms with Crippen LogP contribution in [0.2, 0.25) is 5.02 Å². The number of amides is 2. The van der Waals surface area contributed by atoms with Gasteiger partial charge in [0.2, 0.25) is 0 Å². The molecule has 3 rings (SSSR count). The molecule has 1 fully saturated rings. The van der Waals surface area contributed by atoms with Crippen molar-refractivity contribution >= 4 is 57.8 Å². The lowest BCUT2D eigenvalue weighted by atomic mass is 10.2. The summed E-state index contributed by atoms with van der Waals surface area (Å²) in [6, 6.07) is 10.6. The smallest absolute Gasteiger partial charge is 0.285 e. The van der Waals surface area contributed by atoms with Crippen LogP contribution in [0.3, 0.4) is 0 Å². The van der Waals surface area contributed by atoms with Crippen LogP contribution in [0.5, 0.6) is 5.75 Å². The molecule has 1 N–H and O–H groups in total. The number of methoxy groups -OCH3 is 1. The Morgan fingerprint density at radius 3 is 2.63 bits per heavy atom. The summed E-state index contributed by atoms with van der Waals surface area (Å²) in [7, 11) is 1.52. The lowest BCUT2D eigenvalue weighted by Gasteiger charge is -2.15. The summed E-state index contributed by atoms with van der Waals surface area (Å²) < 4.78 is 19.1. The summed E-state index contributed by atoms with van der Waals surface area (Å²) in [6.45, 7) is 0. The maximum absolute atomic E-state index is 13.9. The molecule has 1 aliphatic heterocycles. The lowest BCUT2D eigenvalue weighted by Crippen LogP contribution is -2.44. The van der Waals surface area contributed by atoms with Gasteiger partial charge in [-0.15, -0.1) is 0 Å². The second-order valence-electron chi connectivity index (χ2n) is 5.32. The molecule has 0 aromatic heterocycles. The fourth-order valence-corrected chi connectivity index (χ4v) is 3.63. The van der Waals surface area contributed by atoms with Crippen molar-refractivity contribution in [2.45, 2.75) is 0 Å². The van der Waals surface area contributed by atoms with Crippen molar-refractivity contribution in [2.75, 3.05) is 7.11 Å². The molecule has 0 spiro atoms. The average molecular weight is 423 g/mol. The van der Waals surface area contributed by atoms with E-state index < -0.39 is 17.6 Å². The number of nitrogens with zero attached hydrogens (tertiary/aromatic N) is 1. The summed E-state index contributed by atoms with van der Waals surface area (Å²) in [5.74, 6) is -1.04. The highest BCUT2D eigenvalue weighted by Gasteiger charge is 2.34. The molecule has 1 aliphatic rings. The molecule has 9 heteroatoms. The topological polar surface area (TPSA) is 58.6 Å². The molecule has 0 saturated carbocycles. The van der Waals surface area contributed by atoms with Crippen molar-refractivity contribution in [1.82, 2.24) is 10.4 Å². The van der Waals surface area contributed by atoms with Crippen LogP contribution < -0.4 is 10.2 Å². The largest absolute Gasteiger partial charge is 0.497 e. The number of carbonyl (C=O) groups is 2. The molecule has 2 aromatic rings.